The molecule has 0 aromatic rings. The second-order valence-corrected chi connectivity index (χ2v) is 6.89. The average molecular weight is 282 g/mol. The fourth-order valence-electron chi connectivity index (χ4n) is 3.96. The molecule has 2 fully saturated rings. The van der Waals surface area contributed by atoms with Crippen molar-refractivity contribution in [3.8, 4) is 0 Å². The van der Waals surface area contributed by atoms with E-state index in [0.29, 0.717) is 12.5 Å². The molecular formula is C16H26O4. The molecule has 2 aliphatic carbocycles. The molecule has 0 spiro atoms. The molecule has 114 valence electrons. The Balaban J connectivity index is 1.86. The molecule has 20 heavy (non-hydrogen) atoms. The predicted molar refractivity (Wildman–Crippen MR) is 75.0 cm³/mol. The van der Waals surface area contributed by atoms with Crippen molar-refractivity contribution in [1.29, 1.82) is 0 Å². The summed E-state index contributed by atoms with van der Waals surface area (Å²) in [5.74, 6) is 0.0481. The van der Waals surface area contributed by atoms with Gasteiger partial charge in [-0.2, -0.15) is 0 Å². The van der Waals surface area contributed by atoms with Gasteiger partial charge in [0.2, 0.25) is 0 Å². The lowest BCUT2D eigenvalue weighted by atomic mass is 9.70. The zero-order chi connectivity index (χ0) is 15.0. The molecule has 0 saturated heterocycles. The van der Waals surface area contributed by atoms with Crippen LogP contribution in [0.1, 0.15) is 59.8 Å². The first-order chi connectivity index (χ1) is 9.31. The number of carbonyl (C=O) groups is 2. The largest absolute Gasteiger partial charge is 0.466 e. The number of hydrogen-bond acceptors (Lipinski definition) is 4. The molecule has 0 N–H and O–H groups in total. The number of fused-ring (bicyclic) bond motifs is 2. The molecule has 0 amide bonds. The molecule has 3 atom stereocenters. The summed E-state index contributed by atoms with van der Waals surface area (Å²) < 4.78 is 10.5. The van der Waals surface area contributed by atoms with E-state index in [1.807, 2.05) is 0 Å². The first-order valence-electron chi connectivity index (χ1n) is 7.66. The summed E-state index contributed by atoms with van der Waals surface area (Å²) in [7, 11) is 0. The van der Waals surface area contributed by atoms with E-state index in [1.54, 1.807) is 6.92 Å². The summed E-state index contributed by atoms with van der Waals surface area (Å²) >= 11 is 0. The standard InChI is InChI=1S/C16H26O4/c1-5-19-13(17)6-7-14(18)20-12-10-11-8-9-16(12,4)15(11,2)3/h11-12H,5-10H2,1-4H3. The van der Waals surface area contributed by atoms with Gasteiger partial charge in [0.05, 0.1) is 19.4 Å². The minimum Gasteiger partial charge on any atom is -0.466 e. The molecular weight excluding hydrogens is 256 g/mol. The summed E-state index contributed by atoms with van der Waals surface area (Å²) in [6.45, 7) is 8.93. The van der Waals surface area contributed by atoms with E-state index in [2.05, 4.69) is 20.8 Å². The van der Waals surface area contributed by atoms with Crippen molar-refractivity contribution in [3.63, 3.8) is 0 Å². The smallest absolute Gasteiger partial charge is 0.306 e. The first-order valence-corrected chi connectivity index (χ1v) is 7.66. The van der Waals surface area contributed by atoms with Crippen molar-refractivity contribution in [2.75, 3.05) is 6.61 Å². The lowest BCUT2D eigenvalue weighted by molar-refractivity contribution is -0.159. The molecule has 4 heteroatoms. The number of esters is 2. The van der Waals surface area contributed by atoms with Crippen molar-refractivity contribution >= 4 is 11.9 Å². The van der Waals surface area contributed by atoms with E-state index < -0.39 is 0 Å². The summed E-state index contributed by atoms with van der Waals surface area (Å²) in [4.78, 5) is 23.2. The Hall–Kier alpha value is -1.06. The highest BCUT2D eigenvalue weighted by atomic mass is 16.5. The van der Waals surface area contributed by atoms with Crippen molar-refractivity contribution in [2.24, 2.45) is 16.7 Å². The van der Waals surface area contributed by atoms with Gasteiger partial charge in [-0.25, -0.2) is 0 Å². The number of hydrogen-bond donors (Lipinski definition) is 0. The van der Waals surface area contributed by atoms with E-state index in [1.165, 1.54) is 6.42 Å². The van der Waals surface area contributed by atoms with Crippen LogP contribution in [-0.2, 0) is 19.1 Å². The molecule has 4 nitrogen and oxygen atoms in total. The minimum absolute atomic E-state index is 0.00551. The van der Waals surface area contributed by atoms with Gasteiger partial charge in [-0.3, -0.25) is 9.59 Å². The van der Waals surface area contributed by atoms with Crippen LogP contribution in [0.15, 0.2) is 0 Å². The van der Waals surface area contributed by atoms with Gasteiger partial charge < -0.3 is 9.47 Å². The summed E-state index contributed by atoms with van der Waals surface area (Å²) in [5.41, 5.74) is 0.316. The summed E-state index contributed by atoms with van der Waals surface area (Å²) in [5, 5.41) is 0. The predicted octanol–water partition coefficient (Wildman–Crippen LogP) is 3.09. The highest BCUT2D eigenvalue weighted by Crippen LogP contribution is 2.66. The number of ether oxygens (including phenoxy) is 2. The molecule has 2 aliphatic rings. The van der Waals surface area contributed by atoms with Crippen LogP contribution in [0.4, 0.5) is 0 Å². The molecule has 0 aromatic carbocycles. The molecule has 2 bridgehead atoms. The van der Waals surface area contributed by atoms with Crippen molar-refractivity contribution in [1.82, 2.24) is 0 Å². The van der Waals surface area contributed by atoms with E-state index >= 15 is 0 Å². The molecule has 0 heterocycles. The molecule has 0 aliphatic heterocycles. The van der Waals surface area contributed by atoms with Gasteiger partial charge in [0.1, 0.15) is 6.10 Å². The van der Waals surface area contributed by atoms with Crippen LogP contribution in [0.5, 0.6) is 0 Å². The van der Waals surface area contributed by atoms with Crippen LogP contribution in [0.2, 0.25) is 0 Å². The summed E-state index contributed by atoms with van der Waals surface area (Å²) in [6, 6.07) is 0. The van der Waals surface area contributed by atoms with Crippen LogP contribution < -0.4 is 0 Å². The zero-order valence-electron chi connectivity index (χ0n) is 13.0. The van der Waals surface area contributed by atoms with E-state index in [4.69, 9.17) is 9.47 Å². The first kappa shape index (κ1) is 15.3. The van der Waals surface area contributed by atoms with Crippen LogP contribution in [0, 0.1) is 16.7 Å². The topological polar surface area (TPSA) is 52.6 Å². The Kier molecular flexibility index (Phi) is 4.12. The molecule has 0 radical (unpaired) electrons. The lowest BCUT2D eigenvalue weighted by Crippen LogP contribution is -2.38. The van der Waals surface area contributed by atoms with Gasteiger partial charge in [-0.15, -0.1) is 0 Å². The Morgan fingerprint density at radius 2 is 1.80 bits per heavy atom. The van der Waals surface area contributed by atoms with Crippen LogP contribution >= 0.6 is 0 Å². The minimum atomic E-state index is -0.330. The average Bonchev–Trinajstić information content (AvgIpc) is 2.70. The van der Waals surface area contributed by atoms with Crippen molar-refractivity contribution in [2.45, 2.75) is 65.9 Å². The molecule has 0 aromatic heterocycles. The Bertz CT molecular complexity index is 401. The maximum Gasteiger partial charge on any atom is 0.306 e. The molecule has 2 rings (SSSR count). The monoisotopic (exact) mass is 282 g/mol. The Morgan fingerprint density at radius 1 is 1.15 bits per heavy atom. The van der Waals surface area contributed by atoms with E-state index in [9.17, 15) is 9.59 Å². The fourth-order valence-corrected chi connectivity index (χ4v) is 3.96. The summed E-state index contributed by atoms with van der Waals surface area (Å²) in [6.07, 6.45) is 3.57. The van der Waals surface area contributed by atoms with Gasteiger partial charge in [0.15, 0.2) is 0 Å². The zero-order valence-corrected chi connectivity index (χ0v) is 13.0. The maximum absolute atomic E-state index is 11.9. The molecule has 3 unspecified atom stereocenters. The number of rotatable bonds is 5. The quantitative estimate of drug-likeness (QED) is 0.727. The lowest BCUT2D eigenvalue weighted by Gasteiger charge is -2.38. The van der Waals surface area contributed by atoms with Gasteiger partial charge >= 0.3 is 11.9 Å². The second kappa shape index (κ2) is 5.38. The Labute approximate surface area is 121 Å². The van der Waals surface area contributed by atoms with Gasteiger partial charge in [0.25, 0.3) is 0 Å². The second-order valence-electron chi connectivity index (χ2n) is 6.89. The third-order valence-corrected chi connectivity index (χ3v) is 5.83. The maximum atomic E-state index is 11.9. The van der Waals surface area contributed by atoms with Gasteiger partial charge in [0, 0.05) is 5.41 Å². The molecule has 2 saturated carbocycles. The van der Waals surface area contributed by atoms with Crippen LogP contribution in [0.25, 0.3) is 0 Å². The highest BCUT2D eigenvalue weighted by molar-refractivity contribution is 5.77. The van der Waals surface area contributed by atoms with Crippen molar-refractivity contribution < 1.29 is 19.1 Å². The highest BCUT2D eigenvalue weighted by Gasteiger charge is 2.62. The SMILES string of the molecule is CCOC(=O)CCC(=O)OC1CC2CCC1(C)C2(C)C. The van der Waals surface area contributed by atoms with Crippen LogP contribution in [-0.4, -0.2) is 24.6 Å². The Morgan fingerprint density at radius 3 is 2.30 bits per heavy atom. The third-order valence-electron chi connectivity index (χ3n) is 5.83. The normalized spacial score (nSPS) is 34.0. The number of carbonyl (C=O) groups excluding carboxylic acids is 2. The van der Waals surface area contributed by atoms with E-state index in [0.717, 1.165) is 12.8 Å². The van der Waals surface area contributed by atoms with Gasteiger partial charge in [-0.05, 0) is 37.5 Å². The van der Waals surface area contributed by atoms with E-state index in [-0.39, 0.29) is 41.7 Å². The fraction of sp³-hybridized carbons (Fsp3) is 0.875. The van der Waals surface area contributed by atoms with Crippen molar-refractivity contribution in [3.05, 3.63) is 0 Å². The van der Waals surface area contributed by atoms with Crippen LogP contribution in [0.3, 0.4) is 0 Å². The van der Waals surface area contributed by atoms with Gasteiger partial charge in [-0.1, -0.05) is 20.8 Å². The third kappa shape index (κ3) is 2.45.